The van der Waals surface area contributed by atoms with Crippen LogP contribution in [0.4, 0.5) is 0 Å². The van der Waals surface area contributed by atoms with Gasteiger partial charge in [0.05, 0.1) is 26.4 Å². The summed E-state index contributed by atoms with van der Waals surface area (Å²) in [6, 6.07) is 12.8. The summed E-state index contributed by atoms with van der Waals surface area (Å²) in [5.41, 5.74) is 0.0535. The van der Waals surface area contributed by atoms with Crippen LogP contribution in [0.1, 0.15) is 120 Å². The van der Waals surface area contributed by atoms with Crippen LogP contribution in [-0.2, 0) is 54.0 Å². The molecule has 2 aromatic rings. The third kappa shape index (κ3) is 8.07. The molecule has 13 nitrogen and oxygen atoms in total. The monoisotopic (exact) mass is 781 g/mol. The minimum Gasteiger partial charge on any atom is -0.324 e. The molecule has 2 aromatic carbocycles. The fourth-order valence-electron chi connectivity index (χ4n) is 7.79. The van der Waals surface area contributed by atoms with Gasteiger partial charge in [-0.1, -0.05) is 70.2 Å². The number of rotatable bonds is 20. The molecule has 0 amide bonds. The second-order valence-corrected chi connectivity index (χ2v) is 20.7. The minimum absolute atomic E-state index is 0.180. The van der Waals surface area contributed by atoms with Crippen LogP contribution >= 0.6 is 30.4 Å². The van der Waals surface area contributed by atoms with Crippen LogP contribution in [0.3, 0.4) is 0 Å². The Balaban J connectivity index is 2.72. The molecule has 0 atom stereocenters. The summed E-state index contributed by atoms with van der Waals surface area (Å²) < 4.78 is 79.3. The Morgan fingerprint density at radius 2 is 0.920 bits per heavy atom. The lowest BCUT2D eigenvalue weighted by Gasteiger charge is -2.47. The predicted molar refractivity (Wildman–Crippen MR) is 194 cm³/mol. The summed E-state index contributed by atoms with van der Waals surface area (Å²) in [6.45, 7) is 14.0. The first-order valence-electron chi connectivity index (χ1n) is 17.3. The maximum atomic E-state index is 15.0. The molecule has 1 aliphatic rings. The number of fused-ring (bicyclic) bond motifs is 1. The first-order chi connectivity index (χ1) is 23.4. The topological polar surface area (TPSA) is 189 Å². The molecular weight excluding hydrogens is 726 g/mol. The smallest absolute Gasteiger partial charge is 0.324 e. The van der Waals surface area contributed by atoms with Gasteiger partial charge in [-0.05, 0) is 81.2 Å². The molecule has 0 saturated heterocycles. The lowest BCUT2D eigenvalue weighted by atomic mass is 9.81. The third-order valence-corrected chi connectivity index (χ3v) is 19.4. The summed E-state index contributed by atoms with van der Waals surface area (Å²) in [5.74, 6) is 0. The highest BCUT2D eigenvalue weighted by Crippen LogP contribution is 2.81. The number of hydrogen-bond donors (Lipinski definition) is 4. The molecule has 1 aliphatic heterocycles. The van der Waals surface area contributed by atoms with E-state index in [9.17, 15) is 37.8 Å². The highest BCUT2D eigenvalue weighted by atomic mass is 31.2. The van der Waals surface area contributed by atoms with E-state index in [0.717, 1.165) is 5.56 Å². The van der Waals surface area contributed by atoms with Crippen LogP contribution in [-0.4, -0.2) is 50.9 Å². The van der Waals surface area contributed by atoms with E-state index >= 15 is 0 Å². The van der Waals surface area contributed by atoms with Crippen molar-refractivity contribution < 1.29 is 55.9 Å². The lowest BCUT2D eigenvalue weighted by molar-refractivity contribution is -0.0233. The van der Waals surface area contributed by atoms with E-state index in [1.165, 1.54) is 6.07 Å². The average Bonchev–Trinajstić information content (AvgIpc) is 3.25. The Morgan fingerprint density at radius 3 is 1.22 bits per heavy atom. The Bertz CT molecular complexity index is 1560. The van der Waals surface area contributed by atoms with Gasteiger partial charge in [-0.2, -0.15) is 0 Å². The zero-order valence-corrected chi connectivity index (χ0v) is 33.9. The van der Waals surface area contributed by atoms with Gasteiger partial charge < -0.3 is 37.7 Å². The fraction of sp³-hybridized carbons (Fsp3) is 0.636. The zero-order valence-electron chi connectivity index (χ0n) is 30.4. The first kappa shape index (κ1) is 43.4. The summed E-state index contributed by atoms with van der Waals surface area (Å²) >= 11 is 0. The Hall–Kier alpha value is -1.00. The van der Waals surface area contributed by atoms with Crippen LogP contribution in [0.25, 0.3) is 0 Å². The summed E-state index contributed by atoms with van der Waals surface area (Å²) in [4.78, 5) is 45.1. The zero-order chi connectivity index (χ0) is 37.8. The van der Waals surface area contributed by atoms with Gasteiger partial charge in [0.2, 0.25) is 0 Å². The van der Waals surface area contributed by atoms with Gasteiger partial charge in [-0.15, -0.1) is 0 Å². The van der Waals surface area contributed by atoms with Crippen molar-refractivity contribution in [3.63, 3.8) is 0 Å². The van der Waals surface area contributed by atoms with E-state index in [0.29, 0.717) is 43.4 Å². The molecule has 4 N–H and O–H groups in total. The largest absolute Gasteiger partial charge is 0.350 e. The van der Waals surface area contributed by atoms with Crippen LogP contribution in [0, 0.1) is 0 Å². The minimum atomic E-state index is -5.67. The van der Waals surface area contributed by atoms with Crippen molar-refractivity contribution in [2.24, 2.45) is 0 Å². The van der Waals surface area contributed by atoms with Gasteiger partial charge in [-0.3, -0.25) is 23.2 Å². The summed E-state index contributed by atoms with van der Waals surface area (Å²) in [6.07, 6.45) is 2.21. The molecule has 0 spiro atoms. The van der Waals surface area contributed by atoms with E-state index < -0.39 is 57.8 Å². The predicted octanol–water partition coefficient (Wildman–Crippen LogP) is 9.12. The summed E-state index contributed by atoms with van der Waals surface area (Å²) in [5, 5.41) is -4.65. The number of nitrogens with zero attached hydrogens (tertiary/aromatic N) is 1. The standard InChI is InChI=1S/C33H55NO12P4/c1-9-32(10-2)28-22-26(30(47(35,36)37)48(38,39)40)27(31(49(41,43-13-5)44-14-6)50(42,45-15-7)46-16-8)23-29(28)33(11-3,12-4)34(32)24-25-20-18-17-19-21-25/h17-23,30-31H,9-16,24H2,1-8H3,(H2,35,36,37)(H2,38,39,40). The second-order valence-electron chi connectivity index (χ2n) is 12.3. The van der Waals surface area contributed by atoms with Crippen molar-refractivity contribution in [3.8, 4) is 0 Å². The second kappa shape index (κ2) is 17.0. The van der Waals surface area contributed by atoms with Gasteiger partial charge in [-0.25, -0.2) is 0 Å². The molecular formula is C33H55NO12P4. The van der Waals surface area contributed by atoms with E-state index in [2.05, 4.69) is 4.90 Å². The van der Waals surface area contributed by atoms with Gasteiger partial charge in [0.25, 0.3) is 0 Å². The van der Waals surface area contributed by atoms with Crippen LogP contribution in [0.5, 0.6) is 0 Å². The van der Waals surface area contributed by atoms with Crippen LogP contribution in [0.15, 0.2) is 42.5 Å². The molecule has 0 fully saturated rings. The molecule has 0 radical (unpaired) electrons. The maximum absolute atomic E-state index is 15.0. The molecule has 1 heterocycles. The van der Waals surface area contributed by atoms with E-state index in [4.69, 9.17) is 18.1 Å². The van der Waals surface area contributed by atoms with Crippen molar-refractivity contribution in [1.29, 1.82) is 0 Å². The third-order valence-electron chi connectivity index (χ3n) is 9.81. The van der Waals surface area contributed by atoms with Crippen molar-refractivity contribution >= 4 is 30.4 Å². The Kier molecular flexibility index (Phi) is 14.7. The fourth-order valence-corrected chi connectivity index (χ4v) is 16.0. The Morgan fingerprint density at radius 1 is 0.580 bits per heavy atom. The molecule has 17 heteroatoms. The average molecular weight is 782 g/mol. The molecule has 50 heavy (non-hydrogen) atoms. The highest BCUT2D eigenvalue weighted by molar-refractivity contribution is 7.72. The SMILES string of the molecule is CCOP(=O)(OCC)C(c1cc2c(cc1C(P(=O)(O)O)P(=O)(O)O)C(CC)(CC)N(Cc1ccccc1)C2(CC)CC)P(=O)(OCC)OCC. The molecule has 284 valence electrons. The van der Waals surface area contributed by atoms with Gasteiger partial charge in [0.1, 0.15) is 0 Å². The molecule has 0 aliphatic carbocycles. The molecule has 0 bridgehead atoms. The van der Waals surface area contributed by atoms with Gasteiger partial charge in [0, 0.05) is 17.6 Å². The van der Waals surface area contributed by atoms with E-state index in [1.807, 2.05) is 58.0 Å². The van der Waals surface area contributed by atoms with Crippen LogP contribution in [0.2, 0.25) is 0 Å². The van der Waals surface area contributed by atoms with E-state index in [1.54, 1.807) is 33.8 Å². The first-order valence-corrected chi connectivity index (χ1v) is 23.9. The molecule has 0 unspecified atom stereocenters. The van der Waals surface area contributed by atoms with Gasteiger partial charge in [0.15, 0.2) is 10.8 Å². The highest BCUT2D eigenvalue weighted by Gasteiger charge is 2.60. The number of benzene rings is 2. The van der Waals surface area contributed by atoms with Crippen LogP contribution < -0.4 is 0 Å². The van der Waals surface area contributed by atoms with E-state index in [-0.39, 0.29) is 32.0 Å². The maximum Gasteiger partial charge on any atom is 0.350 e. The van der Waals surface area contributed by atoms with Crippen molar-refractivity contribution in [2.45, 2.75) is 109 Å². The van der Waals surface area contributed by atoms with Crippen molar-refractivity contribution in [2.75, 3.05) is 26.4 Å². The van der Waals surface area contributed by atoms with Crippen molar-refractivity contribution in [1.82, 2.24) is 4.90 Å². The molecule has 0 saturated carbocycles. The lowest BCUT2D eigenvalue weighted by Crippen LogP contribution is -2.49. The quantitative estimate of drug-likeness (QED) is 0.0932. The van der Waals surface area contributed by atoms with Gasteiger partial charge >= 0.3 is 30.4 Å². The normalized spacial score (nSPS) is 16.8. The molecule has 0 aromatic heterocycles. The number of hydrogen-bond acceptors (Lipinski definition) is 9. The Labute approximate surface area is 296 Å². The molecule has 3 rings (SSSR count). The van der Waals surface area contributed by atoms with Crippen molar-refractivity contribution in [3.05, 3.63) is 70.3 Å². The summed E-state index contributed by atoms with van der Waals surface area (Å²) in [7, 11) is -20.6.